The topological polar surface area (TPSA) is 51.5 Å². The number of hydrogen-bond acceptors (Lipinski definition) is 3. The lowest BCUT2D eigenvalue weighted by atomic mass is 10.1. The summed E-state index contributed by atoms with van der Waals surface area (Å²) in [6.45, 7) is 8.16. The molecule has 1 N–H and O–H groups in total. The second-order valence-corrected chi connectivity index (χ2v) is 5.26. The van der Waals surface area contributed by atoms with E-state index in [0.29, 0.717) is 6.54 Å². The Balaban J connectivity index is 1.97. The Morgan fingerprint density at radius 3 is 2.76 bits per heavy atom. The van der Waals surface area contributed by atoms with Crippen LogP contribution in [0.3, 0.4) is 0 Å². The molecule has 4 nitrogen and oxygen atoms in total. The maximum absolute atomic E-state index is 12.0. The van der Waals surface area contributed by atoms with E-state index in [9.17, 15) is 4.79 Å². The zero-order valence-corrected chi connectivity index (χ0v) is 12.9. The summed E-state index contributed by atoms with van der Waals surface area (Å²) in [5, 5.41) is 2.80. The van der Waals surface area contributed by atoms with E-state index < -0.39 is 6.10 Å². The average Bonchev–Trinajstić information content (AvgIpc) is 2.94. The molecule has 0 spiro atoms. The van der Waals surface area contributed by atoms with E-state index in [1.54, 1.807) is 19.3 Å². The van der Waals surface area contributed by atoms with Crippen LogP contribution in [0, 0.1) is 20.8 Å². The third-order valence-corrected chi connectivity index (χ3v) is 3.45. The van der Waals surface area contributed by atoms with Crippen LogP contribution < -0.4 is 10.1 Å². The van der Waals surface area contributed by atoms with Gasteiger partial charge in [0.05, 0.1) is 12.8 Å². The molecular weight excluding hydrogens is 266 g/mol. The second-order valence-electron chi connectivity index (χ2n) is 5.26. The SMILES string of the molecule is Cc1cc(C)c(C)c(O[C@@H](C)C(=O)NCc2ccco2)c1. The van der Waals surface area contributed by atoms with Crippen LogP contribution in [0.15, 0.2) is 34.9 Å². The monoisotopic (exact) mass is 287 g/mol. The predicted molar refractivity (Wildman–Crippen MR) is 81.3 cm³/mol. The smallest absolute Gasteiger partial charge is 0.261 e. The third kappa shape index (κ3) is 3.88. The van der Waals surface area contributed by atoms with Crippen molar-refractivity contribution in [1.29, 1.82) is 0 Å². The number of rotatable bonds is 5. The van der Waals surface area contributed by atoms with E-state index in [1.807, 2.05) is 32.9 Å². The third-order valence-electron chi connectivity index (χ3n) is 3.45. The fourth-order valence-corrected chi connectivity index (χ4v) is 2.10. The number of benzene rings is 1. The molecule has 0 fully saturated rings. The number of furan rings is 1. The highest BCUT2D eigenvalue weighted by Gasteiger charge is 2.16. The molecule has 112 valence electrons. The summed E-state index contributed by atoms with van der Waals surface area (Å²) < 4.78 is 11.0. The Kier molecular flexibility index (Phi) is 4.68. The van der Waals surface area contributed by atoms with Crippen molar-refractivity contribution in [2.45, 2.75) is 40.3 Å². The van der Waals surface area contributed by atoms with E-state index >= 15 is 0 Å². The van der Waals surface area contributed by atoms with Gasteiger partial charge in [-0.1, -0.05) is 6.07 Å². The van der Waals surface area contributed by atoms with Crippen LogP contribution in [0.4, 0.5) is 0 Å². The van der Waals surface area contributed by atoms with Crippen LogP contribution >= 0.6 is 0 Å². The summed E-state index contributed by atoms with van der Waals surface area (Å²) in [5.41, 5.74) is 3.34. The molecule has 4 heteroatoms. The zero-order chi connectivity index (χ0) is 15.4. The van der Waals surface area contributed by atoms with Crippen molar-refractivity contribution < 1.29 is 13.9 Å². The van der Waals surface area contributed by atoms with Gasteiger partial charge in [-0.2, -0.15) is 0 Å². The van der Waals surface area contributed by atoms with Crippen molar-refractivity contribution in [2.75, 3.05) is 0 Å². The van der Waals surface area contributed by atoms with Gasteiger partial charge in [-0.05, 0) is 62.6 Å². The second kappa shape index (κ2) is 6.48. The fourth-order valence-electron chi connectivity index (χ4n) is 2.10. The summed E-state index contributed by atoms with van der Waals surface area (Å²) in [7, 11) is 0. The molecular formula is C17H21NO3. The van der Waals surface area contributed by atoms with E-state index in [2.05, 4.69) is 11.4 Å². The highest BCUT2D eigenvalue weighted by atomic mass is 16.5. The number of ether oxygens (including phenoxy) is 1. The van der Waals surface area contributed by atoms with Gasteiger partial charge in [0.2, 0.25) is 0 Å². The van der Waals surface area contributed by atoms with E-state index in [0.717, 1.165) is 28.2 Å². The zero-order valence-electron chi connectivity index (χ0n) is 12.9. The standard InChI is InChI=1S/C17H21NO3/c1-11-8-12(2)13(3)16(9-11)21-14(4)17(19)18-10-15-6-5-7-20-15/h5-9,14H,10H2,1-4H3,(H,18,19)/t14-/m0/s1. The minimum absolute atomic E-state index is 0.162. The van der Waals surface area contributed by atoms with Crippen molar-refractivity contribution in [3.05, 3.63) is 53.0 Å². The first-order valence-electron chi connectivity index (χ1n) is 7.02. The molecule has 1 atom stereocenters. The van der Waals surface area contributed by atoms with Crippen LogP contribution in [0.5, 0.6) is 5.75 Å². The molecule has 0 saturated carbocycles. The lowest BCUT2D eigenvalue weighted by Gasteiger charge is -2.17. The highest BCUT2D eigenvalue weighted by Crippen LogP contribution is 2.24. The molecule has 0 aliphatic heterocycles. The van der Waals surface area contributed by atoms with Crippen LogP contribution in [0.25, 0.3) is 0 Å². The van der Waals surface area contributed by atoms with Crippen molar-refractivity contribution >= 4 is 5.91 Å². The number of hydrogen-bond donors (Lipinski definition) is 1. The van der Waals surface area contributed by atoms with Crippen LogP contribution in [0.1, 0.15) is 29.4 Å². The number of carbonyl (C=O) groups excluding carboxylic acids is 1. The highest BCUT2D eigenvalue weighted by molar-refractivity contribution is 5.80. The first-order valence-corrected chi connectivity index (χ1v) is 7.02. The number of nitrogens with one attached hydrogen (secondary N) is 1. The maximum atomic E-state index is 12.0. The Labute approximate surface area is 125 Å². The van der Waals surface area contributed by atoms with E-state index in [4.69, 9.17) is 9.15 Å². The normalized spacial score (nSPS) is 12.0. The van der Waals surface area contributed by atoms with Crippen LogP contribution in [-0.2, 0) is 11.3 Å². The first-order chi connectivity index (χ1) is 9.97. The van der Waals surface area contributed by atoms with Crippen molar-refractivity contribution in [1.82, 2.24) is 5.32 Å². The van der Waals surface area contributed by atoms with E-state index in [-0.39, 0.29) is 5.91 Å². The molecule has 21 heavy (non-hydrogen) atoms. The van der Waals surface area contributed by atoms with Gasteiger partial charge in [0, 0.05) is 0 Å². The lowest BCUT2D eigenvalue weighted by Crippen LogP contribution is -2.36. The van der Waals surface area contributed by atoms with Gasteiger partial charge in [-0.25, -0.2) is 0 Å². The van der Waals surface area contributed by atoms with E-state index in [1.165, 1.54) is 0 Å². The fraction of sp³-hybridized carbons (Fsp3) is 0.353. The molecule has 0 unspecified atom stereocenters. The first kappa shape index (κ1) is 15.2. The van der Waals surface area contributed by atoms with Crippen molar-refractivity contribution in [3.8, 4) is 5.75 Å². The van der Waals surface area contributed by atoms with Crippen LogP contribution in [-0.4, -0.2) is 12.0 Å². The number of aryl methyl sites for hydroxylation is 2. The van der Waals surface area contributed by atoms with Crippen molar-refractivity contribution in [3.63, 3.8) is 0 Å². The molecule has 1 heterocycles. The van der Waals surface area contributed by atoms with Gasteiger partial charge < -0.3 is 14.5 Å². The van der Waals surface area contributed by atoms with Gasteiger partial charge in [0.25, 0.3) is 5.91 Å². The summed E-state index contributed by atoms with van der Waals surface area (Å²) in [6, 6.07) is 7.67. The Hall–Kier alpha value is -2.23. The predicted octanol–water partition coefficient (Wildman–Crippen LogP) is 3.29. The summed E-state index contributed by atoms with van der Waals surface area (Å²) in [4.78, 5) is 12.0. The molecule has 1 aromatic heterocycles. The molecule has 0 aliphatic carbocycles. The summed E-state index contributed by atoms with van der Waals surface area (Å²) in [5.74, 6) is 1.32. The summed E-state index contributed by atoms with van der Waals surface area (Å²) >= 11 is 0. The molecule has 2 rings (SSSR count). The van der Waals surface area contributed by atoms with Gasteiger partial charge in [-0.3, -0.25) is 4.79 Å². The molecule has 0 aliphatic rings. The maximum Gasteiger partial charge on any atom is 0.261 e. The van der Waals surface area contributed by atoms with Gasteiger partial charge in [-0.15, -0.1) is 0 Å². The molecule has 1 aromatic carbocycles. The Bertz CT molecular complexity index is 617. The molecule has 2 aromatic rings. The molecule has 1 amide bonds. The molecule has 0 bridgehead atoms. The van der Waals surface area contributed by atoms with Gasteiger partial charge >= 0.3 is 0 Å². The Morgan fingerprint density at radius 2 is 2.10 bits per heavy atom. The summed E-state index contributed by atoms with van der Waals surface area (Å²) in [6.07, 6.45) is 1.03. The van der Waals surface area contributed by atoms with Gasteiger partial charge in [0.1, 0.15) is 11.5 Å². The van der Waals surface area contributed by atoms with Crippen molar-refractivity contribution in [2.24, 2.45) is 0 Å². The number of amides is 1. The molecule has 0 saturated heterocycles. The number of carbonyl (C=O) groups is 1. The Morgan fingerprint density at radius 1 is 1.33 bits per heavy atom. The largest absolute Gasteiger partial charge is 0.481 e. The minimum Gasteiger partial charge on any atom is -0.481 e. The minimum atomic E-state index is -0.556. The quantitative estimate of drug-likeness (QED) is 0.918. The molecule has 0 radical (unpaired) electrons. The van der Waals surface area contributed by atoms with Crippen LogP contribution in [0.2, 0.25) is 0 Å². The average molecular weight is 287 g/mol. The lowest BCUT2D eigenvalue weighted by molar-refractivity contribution is -0.127. The van der Waals surface area contributed by atoms with Gasteiger partial charge in [0.15, 0.2) is 6.10 Å².